The number of benzene rings is 1. The number of rotatable bonds is 3. The number of esters is 1. The van der Waals surface area contributed by atoms with Crippen LogP contribution in [0, 0.1) is 13.8 Å². The van der Waals surface area contributed by atoms with Crippen LogP contribution in [0.3, 0.4) is 0 Å². The van der Waals surface area contributed by atoms with E-state index >= 15 is 0 Å². The molecule has 0 spiro atoms. The Morgan fingerprint density at radius 3 is 2.33 bits per heavy atom. The fraction of sp³-hybridized carbons (Fsp3) is 0.462. The first kappa shape index (κ1) is 13.1. The van der Waals surface area contributed by atoms with Crippen LogP contribution in [-0.4, -0.2) is 26.2 Å². The normalized spacial score (nSPS) is 19.9. The van der Waals surface area contributed by atoms with Crippen molar-refractivity contribution in [2.75, 3.05) is 6.61 Å². The predicted octanol–water partition coefficient (Wildman–Crippen LogP) is 1.53. The van der Waals surface area contributed by atoms with Crippen molar-refractivity contribution >= 4 is 15.8 Å². The average molecular weight is 268 g/mol. The lowest BCUT2D eigenvalue weighted by molar-refractivity contribution is -0.137. The molecule has 1 atom stereocenters. The molecule has 1 saturated heterocycles. The quantitative estimate of drug-likeness (QED) is 0.780. The molecule has 5 heteroatoms. The smallest absolute Gasteiger partial charge is 0.324 e. The molecule has 1 aliphatic heterocycles. The molecule has 0 N–H and O–H groups in total. The second-order valence-corrected chi connectivity index (χ2v) is 6.93. The third-order valence-electron chi connectivity index (χ3n) is 2.97. The highest BCUT2D eigenvalue weighted by molar-refractivity contribution is 7.92. The number of hydrogen-bond acceptors (Lipinski definition) is 4. The molecule has 18 heavy (non-hydrogen) atoms. The molecule has 1 fully saturated rings. The predicted molar refractivity (Wildman–Crippen MR) is 67.9 cm³/mol. The van der Waals surface area contributed by atoms with Gasteiger partial charge in [-0.05, 0) is 19.4 Å². The molecule has 1 unspecified atom stereocenters. The summed E-state index contributed by atoms with van der Waals surface area (Å²) in [5.74, 6) is -0.714. The van der Waals surface area contributed by atoms with Gasteiger partial charge in [-0.25, -0.2) is 8.42 Å². The van der Waals surface area contributed by atoms with Crippen LogP contribution >= 0.6 is 0 Å². The lowest BCUT2D eigenvalue weighted by atomic mass is 10.1. The van der Waals surface area contributed by atoms with E-state index in [0.29, 0.717) is 0 Å². The maximum Gasteiger partial charge on any atom is 0.324 e. The van der Waals surface area contributed by atoms with Crippen molar-refractivity contribution in [1.29, 1.82) is 0 Å². The van der Waals surface area contributed by atoms with Gasteiger partial charge in [0.2, 0.25) is 0 Å². The zero-order valence-electron chi connectivity index (χ0n) is 10.5. The number of aryl methyl sites for hydroxylation is 2. The Balaban J connectivity index is 2.24. The molecule has 0 amide bonds. The highest BCUT2D eigenvalue weighted by Gasteiger charge is 2.38. The second kappa shape index (κ2) is 4.72. The fourth-order valence-corrected chi connectivity index (χ4v) is 3.94. The summed E-state index contributed by atoms with van der Waals surface area (Å²) in [6, 6.07) is 5.66. The minimum Gasteiger partial charge on any atom is -0.465 e. The van der Waals surface area contributed by atoms with Crippen LogP contribution in [0.1, 0.15) is 23.1 Å². The first-order chi connectivity index (χ1) is 8.38. The summed E-state index contributed by atoms with van der Waals surface area (Å²) in [5, 5.41) is -0.988. The van der Waals surface area contributed by atoms with Gasteiger partial charge in [0.25, 0.3) is 0 Å². The Kier molecular flexibility index (Phi) is 3.43. The molecule has 0 saturated carbocycles. The van der Waals surface area contributed by atoms with Gasteiger partial charge in [-0.1, -0.05) is 29.3 Å². The first-order valence-electron chi connectivity index (χ1n) is 5.84. The summed E-state index contributed by atoms with van der Waals surface area (Å²) in [7, 11) is -3.47. The largest absolute Gasteiger partial charge is 0.465 e. The molecule has 2 rings (SSSR count). The highest BCUT2D eigenvalue weighted by Crippen LogP contribution is 2.21. The van der Waals surface area contributed by atoms with Gasteiger partial charge >= 0.3 is 5.97 Å². The summed E-state index contributed by atoms with van der Waals surface area (Å²) in [4.78, 5) is 11.3. The van der Waals surface area contributed by atoms with E-state index in [2.05, 4.69) is 0 Å². The van der Waals surface area contributed by atoms with Gasteiger partial charge in [-0.2, -0.15) is 0 Å². The lowest BCUT2D eigenvalue weighted by Gasteiger charge is -2.09. The van der Waals surface area contributed by atoms with Crippen molar-refractivity contribution in [3.05, 3.63) is 34.9 Å². The summed E-state index contributed by atoms with van der Waals surface area (Å²) in [5.41, 5.74) is 2.77. The zero-order chi connectivity index (χ0) is 13.3. The van der Waals surface area contributed by atoms with Crippen LogP contribution in [-0.2, 0) is 25.1 Å². The number of cyclic esters (lactones) is 1. The molecule has 1 aromatic carbocycles. The average Bonchev–Trinajstić information content (AvgIpc) is 2.62. The number of ether oxygens (including phenoxy) is 1. The lowest BCUT2D eigenvalue weighted by Crippen LogP contribution is -2.27. The van der Waals surface area contributed by atoms with Crippen molar-refractivity contribution in [2.24, 2.45) is 0 Å². The SMILES string of the molecule is Cc1cc(C)cc(CS(=O)(=O)C2CCOC2=O)c1. The van der Waals surface area contributed by atoms with E-state index in [1.165, 1.54) is 0 Å². The van der Waals surface area contributed by atoms with E-state index in [-0.39, 0.29) is 18.8 Å². The number of hydrogen-bond donors (Lipinski definition) is 0. The van der Waals surface area contributed by atoms with E-state index in [1.807, 2.05) is 32.0 Å². The van der Waals surface area contributed by atoms with Gasteiger partial charge in [-0.15, -0.1) is 0 Å². The second-order valence-electron chi connectivity index (χ2n) is 4.75. The highest BCUT2D eigenvalue weighted by atomic mass is 32.2. The van der Waals surface area contributed by atoms with Gasteiger partial charge < -0.3 is 4.74 Å². The number of sulfone groups is 1. The molecular formula is C13H16O4S. The summed E-state index contributed by atoms with van der Waals surface area (Å²) >= 11 is 0. The maximum absolute atomic E-state index is 12.1. The third kappa shape index (κ3) is 2.72. The van der Waals surface area contributed by atoms with E-state index < -0.39 is 21.1 Å². The van der Waals surface area contributed by atoms with E-state index in [9.17, 15) is 13.2 Å². The minimum absolute atomic E-state index is 0.102. The zero-order valence-corrected chi connectivity index (χ0v) is 11.3. The standard InChI is InChI=1S/C13H16O4S/c1-9-5-10(2)7-11(6-9)8-18(15,16)12-3-4-17-13(12)14/h5-7,12H,3-4,8H2,1-2H3. The van der Waals surface area contributed by atoms with Gasteiger partial charge in [0, 0.05) is 6.42 Å². The maximum atomic E-state index is 12.1. The molecule has 98 valence electrons. The monoisotopic (exact) mass is 268 g/mol. The van der Waals surface area contributed by atoms with Gasteiger partial charge in [0.1, 0.15) is 0 Å². The summed E-state index contributed by atoms with van der Waals surface area (Å²) < 4.78 is 29.0. The number of carbonyl (C=O) groups excluding carboxylic acids is 1. The van der Waals surface area contributed by atoms with Gasteiger partial charge in [0.05, 0.1) is 12.4 Å². The Morgan fingerprint density at radius 1 is 1.22 bits per heavy atom. The topological polar surface area (TPSA) is 60.4 Å². The van der Waals surface area contributed by atoms with E-state index in [0.717, 1.165) is 16.7 Å². The van der Waals surface area contributed by atoms with Crippen LogP contribution in [0.2, 0.25) is 0 Å². The van der Waals surface area contributed by atoms with Crippen LogP contribution in [0.4, 0.5) is 0 Å². The molecule has 0 bridgehead atoms. The van der Waals surface area contributed by atoms with Crippen LogP contribution in [0.25, 0.3) is 0 Å². The van der Waals surface area contributed by atoms with E-state index in [1.54, 1.807) is 0 Å². The van der Waals surface area contributed by atoms with E-state index in [4.69, 9.17) is 4.74 Å². The van der Waals surface area contributed by atoms with Crippen molar-refractivity contribution in [1.82, 2.24) is 0 Å². The Hall–Kier alpha value is -1.36. The molecular weight excluding hydrogens is 252 g/mol. The van der Waals surface area contributed by atoms with Crippen molar-refractivity contribution in [3.63, 3.8) is 0 Å². The fourth-order valence-electron chi connectivity index (χ4n) is 2.29. The van der Waals surface area contributed by atoms with Gasteiger partial charge in [-0.3, -0.25) is 4.79 Å². The minimum atomic E-state index is -3.47. The Morgan fingerprint density at radius 2 is 1.83 bits per heavy atom. The molecule has 1 heterocycles. The number of carbonyl (C=O) groups is 1. The summed E-state index contributed by atoms with van der Waals surface area (Å²) in [6.07, 6.45) is 0.270. The van der Waals surface area contributed by atoms with Crippen LogP contribution in [0.15, 0.2) is 18.2 Å². The van der Waals surface area contributed by atoms with Crippen molar-refractivity contribution in [3.8, 4) is 0 Å². The molecule has 4 nitrogen and oxygen atoms in total. The molecule has 1 aromatic rings. The first-order valence-corrected chi connectivity index (χ1v) is 7.55. The Bertz CT molecular complexity index is 554. The van der Waals surface area contributed by atoms with Crippen LogP contribution < -0.4 is 0 Å². The molecule has 0 aliphatic carbocycles. The molecule has 1 aliphatic rings. The Labute approximate surface area is 107 Å². The van der Waals surface area contributed by atoms with Crippen molar-refractivity contribution < 1.29 is 17.9 Å². The molecule has 0 aromatic heterocycles. The summed E-state index contributed by atoms with van der Waals surface area (Å²) in [6.45, 7) is 4.05. The third-order valence-corrected chi connectivity index (χ3v) is 5.00. The van der Waals surface area contributed by atoms with Crippen LogP contribution in [0.5, 0.6) is 0 Å². The van der Waals surface area contributed by atoms with Crippen molar-refractivity contribution in [2.45, 2.75) is 31.3 Å². The molecule has 0 radical (unpaired) electrons. The van der Waals surface area contributed by atoms with Gasteiger partial charge in [0.15, 0.2) is 15.1 Å².